The molecular formula is C16H20FN3O. The van der Waals surface area contributed by atoms with Crippen LogP contribution in [0.2, 0.25) is 0 Å². The number of rotatable bonds is 5. The van der Waals surface area contributed by atoms with Gasteiger partial charge in [-0.05, 0) is 31.5 Å². The lowest BCUT2D eigenvalue weighted by Gasteiger charge is -2.13. The van der Waals surface area contributed by atoms with Crippen LogP contribution in [0.3, 0.4) is 0 Å². The van der Waals surface area contributed by atoms with Gasteiger partial charge < -0.3 is 10.1 Å². The van der Waals surface area contributed by atoms with Crippen LogP contribution in [0.1, 0.15) is 24.7 Å². The average Bonchev–Trinajstić information content (AvgIpc) is 2.49. The molecule has 0 aliphatic rings. The summed E-state index contributed by atoms with van der Waals surface area (Å²) in [4.78, 5) is 9.06. The zero-order valence-electron chi connectivity index (χ0n) is 12.8. The van der Waals surface area contributed by atoms with Crippen LogP contribution < -0.4 is 10.1 Å². The van der Waals surface area contributed by atoms with Gasteiger partial charge in [0, 0.05) is 24.6 Å². The zero-order chi connectivity index (χ0) is 15.4. The van der Waals surface area contributed by atoms with Crippen LogP contribution >= 0.6 is 0 Å². The minimum atomic E-state index is -0.393. The predicted molar refractivity (Wildman–Crippen MR) is 82.3 cm³/mol. The number of aryl methyl sites for hydroxylation is 1. The van der Waals surface area contributed by atoms with Gasteiger partial charge in [0.15, 0.2) is 11.6 Å². The molecule has 1 heterocycles. The summed E-state index contributed by atoms with van der Waals surface area (Å²) in [7, 11) is 3.27. The number of halogens is 1. The van der Waals surface area contributed by atoms with Gasteiger partial charge in [0.1, 0.15) is 11.6 Å². The topological polar surface area (TPSA) is 47.0 Å². The molecule has 0 saturated carbocycles. The van der Waals surface area contributed by atoms with Gasteiger partial charge in [0.2, 0.25) is 0 Å². The molecule has 0 fully saturated rings. The van der Waals surface area contributed by atoms with Crippen LogP contribution in [0.4, 0.5) is 10.2 Å². The molecule has 1 N–H and O–H groups in total. The van der Waals surface area contributed by atoms with Gasteiger partial charge in [0.25, 0.3) is 0 Å². The lowest BCUT2D eigenvalue weighted by molar-refractivity contribution is 0.386. The number of hydrogen-bond acceptors (Lipinski definition) is 4. The second kappa shape index (κ2) is 6.52. The third kappa shape index (κ3) is 3.12. The van der Waals surface area contributed by atoms with Crippen LogP contribution in [0, 0.1) is 12.7 Å². The molecule has 0 bridgehead atoms. The van der Waals surface area contributed by atoms with Crippen molar-refractivity contribution < 1.29 is 9.13 Å². The van der Waals surface area contributed by atoms with Crippen LogP contribution in [0.5, 0.6) is 5.75 Å². The Balaban J connectivity index is 2.56. The normalized spacial score (nSPS) is 10.5. The molecule has 0 amide bonds. The lowest BCUT2D eigenvalue weighted by Crippen LogP contribution is -2.05. The van der Waals surface area contributed by atoms with E-state index in [1.807, 2.05) is 20.0 Å². The van der Waals surface area contributed by atoms with Crippen LogP contribution in [0.15, 0.2) is 18.2 Å². The summed E-state index contributed by atoms with van der Waals surface area (Å²) < 4.78 is 18.9. The van der Waals surface area contributed by atoms with Crippen molar-refractivity contribution in [2.75, 3.05) is 19.5 Å². The van der Waals surface area contributed by atoms with Crippen molar-refractivity contribution in [1.29, 1.82) is 0 Å². The van der Waals surface area contributed by atoms with E-state index in [4.69, 9.17) is 4.74 Å². The van der Waals surface area contributed by atoms with Crippen molar-refractivity contribution in [3.05, 3.63) is 35.4 Å². The molecule has 0 aliphatic carbocycles. The maximum Gasteiger partial charge on any atom is 0.165 e. The monoisotopic (exact) mass is 289 g/mol. The molecule has 0 unspecified atom stereocenters. The Kier molecular flexibility index (Phi) is 4.73. The number of anilines is 1. The first kappa shape index (κ1) is 15.2. The van der Waals surface area contributed by atoms with Crippen molar-refractivity contribution in [3.63, 3.8) is 0 Å². The summed E-state index contributed by atoms with van der Waals surface area (Å²) in [6, 6.07) is 4.88. The van der Waals surface area contributed by atoms with E-state index in [-0.39, 0.29) is 5.75 Å². The first-order valence-electron chi connectivity index (χ1n) is 6.99. The van der Waals surface area contributed by atoms with E-state index in [9.17, 15) is 4.39 Å². The first-order chi connectivity index (χ1) is 10.1. The fourth-order valence-corrected chi connectivity index (χ4v) is 2.24. The average molecular weight is 289 g/mol. The van der Waals surface area contributed by atoms with E-state index in [0.29, 0.717) is 0 Å². The van der Waals surface area contributed by atoms with Gasteiger partial charge in [-0.25, -0.2) is 14.4 Å². The van der Waals surface area contributed by atoms with Crippen molar-refractivity contribution in [2.45, 2.75) is 26.7 Å². The zero-order valence-corrected chi connectivity index (χ0v) is 12.8. The smallest absolute Gasteiger partial charge is 0.165 e. The summed E-state index contributed by atoms with van der Waals surface area (Å²) in [5, 5.41) is 3.07. The van der Waals surface area contributed by atoms with Crippen molar-refractivity contribution in [3.8, 4) is 17.0 Å². The summed E-state index contributed by atoms with van der Waals surface area (Å²) in [6.45, 7) is 4.01. The van der Waals surface area contributed by atoms with E-state index in [1.165, 1.54) is 13.2 Å². The Hall–Kier alpha value is -2.17. The quantitative estimate of drug-likeness (QED) is 0.913. The summed E-state index contributed by atoms with van der Waals surface area (Å²) in [5.41, 5.74) is 2.38. The van der Waals surface area contributed by atoms with E-state index >= 15 is 0 Å². The third-order valence-electron chi connectivity index (χ3n) is 3.33. The standard InChI is InChI=1S/C16H20FN3O/c1-5-6-14-19-15(10(2)16(18-3)20-14)11-7-8-13(21-4)12(17)9-11/h7-9H,5-6H2,1-4H3,(H,18,19,20). The summed E-state index contributed by atoms with van der Waals surface area (Å²) in [5.74, 6) is 1.38. The van der Waals surface area contributed by atoms with Crippen LogP contribution in [0.25, 0.3) is 11.3 Å². The van der Waals surface area contributed by atoms with Gasteiger partial charge >= 0.3 is 0 Å². The Morgan fingerprint density at radius 1 is 1.29 bits per heavy atom. The fourth-order valence-electron chi connectivity index (χ4n) is 2.24. The van der Waals surface area contributed by atoms with E-state index in [0.717, 1.165) is 41.3 Å². The predicted octanol–water partition coefficient (Wildman–Crippen LogP) is 3.59. The molecule has 2 rings (SSSR count). The molecule has 2 aromatic rings. The number of ether oxygens (including phenoxy) is 1. The SMILES string of the molecule is CCCc1nc(NC)c(C)c(-c2ccc(OC)c(F)c2)n1. The lowest BCUT2D eigenvalue weighted by atomic mass is 10.1. The second-order valence-electron chi connectivity index (χ2n) is 4.81. The minimum Gasteiger partial charge on any atom is -0.494 e. The van der Waals surface area contributed by atoms with Gasteiger partial charge in [0.05, 0.1) is 12.8 Å². The Bertz CT molecular complexity index is 644. The van der Waals surface area contributed by atoms with Gasteiger partial charge in [-0.1, -0.05) is 6.92 Å². The molecule has 112 valence electrons. The Morgan fingerprint density at radius 2 is 2.05 bits per heavy atom. The van der Waals surface area contributed by atoms with E-state index < -0.39 is 5.82 Å². The summed E-state index contributed by atoms with van der Waals surface area (Å²) >= 11 is 0. The van der Waals surface area contributed by atoms with Crippen molar-refractivity contribution in [2.24, 2.45) is 0 Å². The van der Waals surface area contributed by atoms with Crippen LogP contribution in [-0.2, 0) is 6.42 Å². The molecule has 21 heavy (non-hydrogen) atoms. The number of hydrogen-bond donors (Lipinski definition) is 1. The Morgan fingerprint density at radius 3 is 2.62 bits per heavy atom. The Labute approximate surface area is 124 Å². The molecule has 4 nitrogen and oxygen atoms in total. The molecule has 0 aliphatic heterocycles. The molecule has 5 heteroatoms. The van der Waals surface area contributed by atoms with E-state index in [2.05, 4.69) is 22.2 Å². The van der Waals surface area contributed by atoms with Crippen molar-refractivity contribution >= 4 is 5.82 Å². The number of methoxy groups -OCH3 is 1. The van der Waals surface area contributed by atoms with Crippen LogP contribution in [-0.4, -0.2) is 24.1 Å². The first-order valence-corrected chi connectivity index (χ1v) is 6.99. The van der Waals surface area contributed by atoms with Gasteiger partial charge in [-0.2, -0.15) is 0 Å². The third-order valence-corrected chi connectivity index (χ3v) is 3.33. The number of nitrogens with zero attached hydrogens (tertiary/aromatic N) is 2. The molecule has 0 atom stereocenters. The largest absolute Gasteiger partial charge is 0.494 e. The fraction of sp³-hybridized carbons (Fsp3) is 0.375. The highest BCUT2D eigenvalue weighted by Gasteiger charge is 2.13. The molecule has 1 aromatic heterocycles. The maximum absolute atomic E-state index is 13.9. The number of nitrogens with one attached hydrogen (secondary N) is 1. The highest BCUT2D eigenvalue weighted by molar-refractivity contribution is 5.68. The highest BCUT2D eigenvalue weighted by atomic mass is 19.1. The van der Waals surface area contributed by atoms with Crippen molar-refractivity contribution in [1.82, 2.24) is 9.97 Å². The second-order valence-corrected chi connectivity index (χ2v) is 4.81. The summed E-state index contributed by atoms with van der Waals surface area (Å²) in [6.07, 6.45) is 1.75. The van der Waals surface area contributed by atoms with E-state index in [1.54, 1.807) is 6.07 Å². The molecule has 0 saturated heterocycles. The maximum atomic E-state index is 13.9. The molecular weight excluding hydrogens is 269 g/mol. The molecule has 0 spiro atoms. The number of benzene rings is 1. The number of aromatic nitrogens is 2. The highest BCUT2D eigenvalue weighted by Crippen LogP contribution is 2.29. The van der Waals surface area contributed by atoms with Gasteiger partial charge in [-0.3, -0.25) is 0 Å². The molecule has 0 radical (unpaired) electrons. The minimum absolute atomic E-state index is 0.230. The molecule has 1 aromatic carbocycles. The van der Waals surface area contributed by atoms with Gasteiger partial charge in [-0.15, -0.1) is 0 Å².